The zero-order valence-electron chi connectivity index (χ0n) is 11.9. The van der Waals surface area contributed by atoms with Gasteiger partial charge in [0.25, 0.3) is 0 Å². The number of aliphatic hydroxyl groups is 1. The Hall–Kier alpha value is -1.35. The number of nitrogens with two attached hydrogens (primary N) is 1. The highest BCUT2D eigenvalue weighted by molar-refractivity contribution is 5.85. The molecule has 0 aliphatic heterocycles. The summed E-state index contributed by atoms with van der Waals surface area (Å²) in [7, 11) is 0. The van der Waals surface area contributed by atoms with Gasteiger partial charge in [-0.3, -0.25) is 0 Å². The number of halogens is 1. The second kappa shape index (κ2) is 6.89. The minimum Gasteiger partial charge on any atom is -0.396 e. The zero-order chi connectivity index (χ0) is 13.9. The summed E-state index contributed by atoms with van der Waals surface area (Å²) in [5.74, 6) is 0. The normalized spacial score (nSPS) is 12.6. The topological polar surface area (TPSA) is 46.2 Å². The average Bonchev–Trinajstić information content (AvgIpc) is 2.47. The summed E-state index contributed by atoms with van der Waals surface area (Å²) in [6, 6.07) is 18.3. The molecule has 0 aromatic heterocycles. The first-order valence-corrected chi connectivity index (χ1v) is 6.56. The van der Waals surface area contributed by atoms with Crippen molar-refractivity contribution in [1.82, 2.24) is 0 Å². The van der Waals surface area contributed by atoms with Crippen LogP contribution in [0.25, 0.3) is 11.1 Å². The zero-order valence-corrected chi connectivity index (χ0v) is 12.7. The number of rotatable bonds is 4. The summed E-state index contributed by atoms with van der Waals surface area (Å²) in [5, 5.41) is 9.38. The van der Waals surface area contributed by atoms with Crippen molar-refractivity contribution < 1.29 is 5.11 Å². The van der Waals surface area contributed by atoms with Gasteiger partial charge < -0.3 is 10.8 Å². The highest BCUT2D eigenvalue weighted by Gasteiger charge is 2.26. The van der Waals surface area contributed by atoms with Gasteiger partial charge in [0.05, 0.1) is 0 Å². The maximum Gasteiger partial charge on any atom is 0.0500 e. The van der Waals surface area contributed by atoms with Gasteiger partial charge in [-0.15, -0.1) is 12.4 Å². The summed E-state index contributed by atoms with van der Waals surface area (Å²) in [5.41, 5.74) is 9.33. The molecule has 2 nitrogen and oxygen atoms in total. The Balaban J connectivity index is 0.00000200. The Bertz CT molecular complexity index is 522. The van der Waals surface area contributed by atoms with E-state index < -0.39 is 0 Å². The quantitative estimate of drug-likeness (QED) is 0.900. The van der Waals surface area contributed by atoms with E-state index in [1.807, 2.05) is 44.2 Å². The molecule has 0 aliphatic rings. The first-order chi connectivity index (χ1) is 9.04. The van der Waals surface area contributed by atoms with E-state index in [1.165, 1.54) is 11.1 Å². The molecule has 0 fully saturated rings. The minimum atomic E-state index is -0.311. The summed E-state index contributed by atoms with van der Waals surface area (Å²) in [6.07, 6.45) is 0. The molecular formula is C17H22ClNO. The van der Waals surface area contributed by atoms with E-state index in [2.05, 4.69) is 24.3 Å². The van der Waals surface area contributed by atoms with Crippen molar-refractivity contribution in [2.75, 3.05) is 6.61 Å². The highest BCUT2D eigenvalue weighted by atomic mass is 35.5. The SMILES string of the molecule is CC(C)(CO)[C@H](N)c1ccc(-c2ccccc2)cc1.Cl. The van der Waals surface area contributed by atoms with Gasteiger partial charge in [0.2, 0.25) is 0 Å². The predicted molar refractivity (Wildman–Crippen MR) is 86.9 cm³/mol. The first-order valence-electron chi connectivity index (χ1n) is 6.56. The third kappa shape index (κ3) is 3.60. The van der Waals surface area contributed by atoms with Crippen LogP contribution >= 0.6 is 12.4 Å². The van der Waals surface area contributed by atoms with Crippen LogP contribution < -0.4 is 5.73 Å². The molecule has 3 heteroatoms. The molecule has 2 aromatic carbocycles. The van der Waals surface area contributed by atoms with Crippen LogP contribution in [-0.4, -0.2) is 11.7 Å². The third-order valence-corrected chi connectivity index (χ3v) is 3.63. The van der Waals surface area contributed by atoms with E-state index in [4.69, 9.17) is 5.73 Å². The standard InChI is InChI=1S/C17H21NO.ClH/c1-17(2,12-19)16(18)15-10-8-14(9-11-15)13-6-4-3-5-7-13;/h3-11,16,19H,12,18H2,1-2H3;1H/t16-;/m1./s1. The summed E-state index contributed by atoms with van der Waals surface area (Å²) in [6.45, 7) is 4.03. The Labute approximate surface area is 127 Å². The second-order valence-corrected chi connectivity index (χ2v) is 5.61. The molecule has 0 spiro atoms. The molecule has 0 amide bonds. The molecule has 0 saturated heterocycles. The van der Waals surface area contributed by atoms with Gasteiger partial charge in [-0.05, 0) is 16.7 Å². The van der Waals surface area contributed by atoms with E-state index >= 15 is 0 Å². The maximum absolute atomic E-state index is 9.38. The van der Waals surface area contributed by atoms with Crippen molar-refractivity contribution in [2.45, 2.75) is 19.9 Å². The van der Waals surface area contributed by atoms with Crippen LogP contribution in [0.15, 0.2) is 54.6 Å². The molecule has 0 saturated carbocycles. The monoisotopic (exact) mass is 291 g/mol. The van der Waals surface area contributed by atoms with Crippen molar-refractivity contribution in [1.29, 1.82) is 0 Å². The molecule has 0 aliphatic carbocycles. The van der Waals surface area contributed by atoms with Gasteiger partial charge in [0.15, 0.2) is 0 Å². The number of benzene rings is 2. The number of hydrogen-bond acceptors (Lipinski definition) is 2. The van der Waals surface area contributed by atoms with Crippen LogP contribution in [0, 0.1) is 5.41 Å². The van der Waals surface area contributed by atoms with E-state index in [-0.39, 0.29) is 30.5 Å². The smallest absolute Gasteiger partial charge is 0.0500 e. The van der Waals surface area contributed by atoms with E-state index in [0.29, 0.717) is 0 Å². The molecule has 1 atom stereocenters. The fourth-order valence-electron chi connectivity index (χ4n) is 2.06. The predicted octanol–water partition coefficient (Wildman–Crippen LogP) is 3.79. The van der Waals surface area contributed by atoms with Crippen molar-refractivity contribution in [3.63, 3.8) is 0 Å². The van der Waals surface area contributed by atoms with Crippen molar-refractivity contribution in [3.05, 3.63) is 60.2 Å². The molecule has 0 heterocycles. The molecule has 2 rings (SSSR count). The van der Waals surface area contributed by atoms with Crippen LogP contribution in [0.2, 0.25) is 0 Å². The van der Waals surface area contributed by atoms with E-state index in [1.54, 1.807) is 0 Å². The van der Waals surface area contributed by atoms with Gasteiger partial charge in [-0.25, -0.2) is 0 Å². The van der Waals surface area contributed by atoms with Gasteiger partial charge in [-0.1, -0.05) is 68.4 Å². The molecular weight excluding hydrogens is 270 g/mol. The molecule has 20 heavy (non-hydrogen) atoms. The fraction of sp³-hybridized carbons (Fsp3) is 0.294. The number of hydrogen-bond donors (Lipinski definition) is 2. The van der Waals surface area contributed by atoms with Crippen molar-refractivity contribution in [3.8, 4) is 11.1 Å². The number of aliphatic hydroxyl groups excluding tert-OH is 1. The Kier molecular flexibility index (Phi) is 5.75. The van der Waals surface area contributed by atoms with Crippen molar-refractivity contribution >= 4 is 12.4 Å². The maximum atomic E-state index is 9.38. The van der Waals surface area contributed by atoms with Crippen LogP contribution in [0.4, 0.5) is 0 Å². The van der Waals surface area contributed by atoms with Crippen LogP contribution in [0.1, 0.15) is 25.5 Å². The molecule has 108 valence electrons. The molecule has 0 unspecified atom stereocenters. The Morgan fingerprint density at radius 1 is 0.950 bits per heavy atom. The summed E-state index contributed by atoms with van der Waals surface area (Å²) >= 11 is 0. The van der Waals surface area contributed by atoms with Crippen LogP contribution in [0.3, 0.4) is 0 Å². The summed E-state index contributed by atoms with van der Waals surface area (Å²) < 4.78 is 0. The molecule has 0 radical (unpaired) electrons. The fourth-order valence-corrected chi connectivity index (χ4v) is 2.06. The molecule has 0 bridgehead atoms. The van der Waals surface area contributed by atoms with Crippen molar-refractivity contribution in [2.24, 2.45) is 11.1 Å². The third-order valence-electron chi connectivity index (χ3n) is 3.63. The lowest BCUT2D eigenvalue weighted by molar-refractivity contribution is 0.132. The second-order valence-electron chi connectivity index (χ2n) is 5.61. The first kappa shape index (κ1) is 16.7. The van der Waals surface area contributed by atoms with Gasteiger partial charge >= 0.3 is 0 Å². The van der Waals surface area contributed by atoms with Crippen LogP contribution in [-0.2, 0) is 0 Å². The Morgan fingerprint density at radius 2 is 1.45 bits per heavy atom. The van der Waals surface area contributed by atoms with E-state index in [0.717, 1.165) is 5.56 Å². The lowest BCUT2D eigenvalue weighted by atomic mass is 9.81. The lowest BCUT2D eigenvalue weighted by Gasteiger charge is -2.29. The minimum absolute atomic E-state index is 0. The van der Waals surface area contributed by atoms with Gasteiger partial charge in [0.1, 0.15) is 0 Å². The average molecular weight is 292 g/mol. The van der Waals surface area contributed by atoms with E-state index in [9.17, 15) is 5.11 Å². The Morgan fingerprint density at radius 3 is 1.95 bits per heavy atom. The van der Waals surface area contributed by atoms with Gasteiger partial charge in [-0.2, -0.15) is 0 Å². The highest BCUT2D eigenvalue weighted by Crippen LogP contribution is 2.31. The molecule has 3 N–H and O–H groups in total. The largest absolute Gasteiger partial charge is 0.396 e. The van der Waals surface area contributed by atoms with Crippen LogP contribution in [0.5, 0.6) is 0 Å². The lowest BCUT2D eigenvalue weighted by Crippen LogP contribution is -2.32. The van der Waals surface area contributed by atoms with Gasteiger partial charge in [0, 0.05) is 18.1 Å². The summed E-state index contributed by atoms with van der Waals surface area (Å²) in [4.78, 5) is 0. The molecule has 2 aromatic rings.